The van der Waals surface area contributed by atoms with Crippen LogP contribution in [0.15, 0.2) is 60.8 Å². The minimum absolute atomic E-state index is 0.242. The molecule has 0 saturated heterocycles. The summed E-state index contributed by atoms with van der Waals surface area (Å²) in [5.74, 6) is -13.2. The van der Waals surface area contributed by atoms with Crippen LogP contribution in [-0.2, 0) is 0 Å². The van der Waals surface area contributed by atoms with Crippen molar-refractivity contribution in [1.29, 1.82) is 0 Å². The van der Waals surface area contributed by atoms with Gasteiger partial charge in [0.15, 0.2) is 11.7 Å². The SMILES string of the molecule is C=CC(F)(F)C(F)(F)C(=C)C(=C)/C(F)=C(/F)C(=C)C(C)CCCC. The van der Waals surface area contributed by atoms with Crippen molar-refractivity contribution in [2.75, 3.05) is 0 Å². The summed E-state index contributed by atoms with van der Waals surface area (Å²) in [4.78, 5) is 0. The molecule has 0 aromatic rings. The first-order valence-electron chi connectivity index (χ1n) is 7.37. The third-order valence-corrected chi connectivity index (χ3v) is 3.74. The van der Waals surface area contributed by atoms with Gasteiger partial charge in [0.1, 0.15) is 0 Å². The fraction of sp³-hybridized carbons (Fsp3) is 0.444. The first kappa shape index (κ1) is 22.3. The van der Waals surface area contributed by atoms with Crippen LogP contribution in [0.5, 0.6) is 0 Å². The number of rotatable bonds is 10. The molecule has 0 fully saturated rings. The first-order chi connectivity index (χ1) is 10.8. The molecule has 0 aliphatic carbocycles. The Balaban J connectivity index is 5.52. The number of allylic oxidation sites excluding steroid dienone is 6. The van der Waals surface area contributed by atoms with E-state index in [4.69, 9.17) is 0 Å². The van der Waals surface area contributed by atoms with Crippen molar-refractivity contribution in [3.8, 4) is 0 Å². The molecule has 1 atom stereocenters. The van der Waals surface area contributed by atoms with E-state index in [9.17, 15) is 26.3 Å². The molecule has 0 N–H and O–H groups in total. The van der Waals surface area contributed by atoms with E-state index in [1.54, 1.807) is 6.92 Å². The summed E-state index contributed by atoms with van der Waals surface area (Å²) in [5.41, 5.74) is -3.09. The van der Waals surface area contributed by atoms with Crippen molar-refractivity contribution in [3.63, 3.8) is 0 Å². The van der Waals surface area contributed by atoms with Crippen LogP contribution in [0.3, 0.4) is 0 Å². The molecule has 0 aliphatic heterocycles. The second-order valence-electron chi connectivity index (χ2n) is 5.56. The lowest BCUT2D eigenvalue weighted by Gasteiger charge is -2.26. The Morgan fingerprint density at radius 2 is 1.54 bits per heavy atom. The van der Waals surface area contributed by atoms with Gasteiger partial charge in [0.25, 0.3) is 0 Å². The highest BCUT2D eigenvalue weighted by Gasteiger charge is 2.56. The van der Waals surface area contributed by atoms with Gasteiger partial charge < -0.3 is 0 Å². The van der Waals surface area contributed by atoms with Crippen LogP contribution in [0.25, 0.3) is 0 Å². The van der Waals surface area contributed by atoms with Crippen molar-refractivity contribution in [1.82, 2.24) is 0 Å². The molecule has 0 spiro atoms. The summed E-state index contributed by atoms with van der Waals surface area (Å²) >= 11 is 0. The fourth-order valence-corrected chi connectivity index (χ4v) is 1.83. The highest BCUT2D eigenvalue weighted by molar-refractivity contribution is 5.49. The van der Waals surface area contributed by atoms with Crippen LogP contribution >= 0.6 is 0 Å². The largest absolute Gasteiger partial charge is 0.339 e. The monoisotopic (exact) mass is 352 g/mol. The van der Waals surface area contributed by atoms with Gasteiger partial charge in [-0.2, -0.15) is 17.6 Å². The van der Waals surface area contributed by atoms with Crippen molar-refractivity contribution < 1.29 is 26.3 Å². The molecule has 0 aromatic carbocycles. The van der Waals surface area contributed by atoms with Crippen molar-refractivity contribution in [2.24, 2.45) is 5.92 Å². The van der Waals surface area contributed by atoms with E-state index in [0.29, 0.717) is 6.42 Å². The van der Waals surface area contributed by atoms with Gasteiger partial charge in [-0.25, -0.2) is 8.78 Å². The standard InChI is InChI=1S/C18H22F6/c1-7-9-10-11(3)12(4)15(19)16(20)13(5)14(6)18(23,24)17(21,22)8-2/h8,11H,2,4-7,9-10H2,1,3H3/b16-15-. The molecule has 0 bridgehead atoms. The van der Waals surface area contributed by atoms with E-state index in [0.717, 1.165) is 12.8 Å². The lowest BCUT2D eigenvalue weighted by Crippen LogP contribution is -2.40. The van der Waals surface area contributed by atoms with Crippen LogP contribution in [0.1, 0.15) is 33.1 Å². The van der Waals surface area contributed by atoms with Gasteiger partial charge in [0, 0.05) is 11.1 Å². The van der Waals surface area contributed by atoms with E-state index < -0.39 is 40.6 Å². The summed E-state index contributed by atoms with van der Waals surface area (Å²) < 4.78 is 82.0. The van der Waals surface area contributed by atoms with Crippen LogP contribution in [0.4, 0.5) is 26.3 Å². The van der Waals surface area contributed by atoms with E-state index in [1.807, 2.05) is 6.92 Å². The Kier molecular flexibility index (Phi) is 7.80. The fourth-order valence-electron chi connectivity index (χ4n) is 1.83. The number of alkyl halides is 4. The molecule has 0 heterocycles. The van der Waals surface area contributed by atoms with Gasteiger partial charge in [-0.3, -0.25) is 0 Å². The van der Waals surface area contributed by atoms with Crippen LogP contribution < -0.4 is 0 Å². The molecule has 136 valence electrons. The molecule has 0 rings (SSSR count). The summed E-state index contributed by atoms with van der Waals surface area (Å²) in [6.45, 7) is 15.2. The zero-order valence-electron chi connectivity index (χ0n) is 13.9. The Morgan fingerprint density at radius 3 is 1.96 bits per heavy atom. The minimum atomic E-state index is -4.85. The topological polar surface area (TPSA) is 0 Å². The zero-order chi connectivity index (χ0) is 19.3. The van der Waals surface area contributed by atoms with Crippen molar-refractivity contribution >= 4 is 0 Å². The predicted molar refractivity (Wildman–Crippen MR) is 85.4 cm³/mol. The summed E-state index contributed by atoms with van der Waals surface area (Å²) in [6.07, 6.45) is 1.81. The third kappa shape index (κ3) is 4.65. The Morgan fingerprint density at radius 1 is 1.04 bits per heavy atom. The molecule has 0 radical (unpaired) electrons. The molecule has 0 nitrogen and oxygen atoms in total. The molecule has 1 unspecified atom stereocenters. The van der Waals surface area contributed by atoms with E-state index >= 15 is 0 Å². The molecular formula is C18H22F6. The van der Waals surface area contributed by atoms with Crippen molar-refractivity contribution in [3.05, 3.63) is 60.8 Å². The smallest absolute Gasteiger partial charge is 0.203 e. The maximum absolute atomic E-state index is 14.1. The Bertz CT molecular complexity index is 554. The van der Waals surface area contributed by atoms with Gasteiger partial charge in [0.05, 0.1) is 0 Å². The normalized spacial score (nSPS) is 14.7. The number of hydrogen-bond acceptors (Lipinski definition) is 0. The quantitative estimate of drug-likeness (QED) is 0.224. The minimum Gasteiger partial charge on any atom is -0.203 e. The zero-order valence-corrected chi connectivity index (χ0v) is 13.9. The average molecular weight is 352 g/mol. The lowest BCUT2D eigenvalue weighted by molar-refractivity contribution is -0.152. The van der Waals surface area contributed by atoms with Crippen LogP contribution in [-0.4, -0.2) is 11.8 Å². The summed E-state index contributed by atoms with van der Waals surface area (Å²) in [5, 5.41) is 0. The molecule has 24 heavy (non-hydrogen) atoms. The second kappa shape index (κ2) is 8.40. The van der Waals surface area contributed by atoms with E-state index in [-0.39, 0.29) is 11.6 Å². The van der Waals surface area contributed by atoms with E-state index in [1.165, 1.54) is 0 Å². The third-order valence-electron chi connectivity index (χ3n) is 3.74. The number of unbranched alkanes of at least 4 members (excludes halogenated alkanes) is 1. The molecule has 0 aromatic heterocycles. The lowest BCUT2D eigenvalue weighted by atomic mass is 9.92. The second-order valence-corrected chi connectivity index (χ2v) is 5.56. The maximum atomic E-state index is 14.1. The summed E-state index contributed by atoms with van der Waals surface area (Å²) in [6, 6.07) is 0. The predicted octanol–water partition coefficient (Wildman–Crippen LogP) is 7.09. The summed E-state index contributed by atoms with van der Waals surface area (Å²) in [7, 11) is 0. The van der Waals surface area contributed by atoms with Gasteiger partial charge in [0.2, 0.25) is 0 Å². The average Bonchev–Trinajstić information content (AvgIpc) is 2.55. The molecule has 0 aliphatic rings. The molecular weight excluding hydrogens is 330 g/mol. The molecule has 6 heteroatoms. The van der Waals surface area contributed by atoms with Crippen molar-refractivity contribution in [2.45, 2.75) is 45.0 Å². The highest BCUT2D eigenvalue weighted by Crippen LogP contribution is 2.44. The van der Waals surface area contributed by atoms with Gasteiger partial charge in [-0.15, -0.1) is 0 Å². The number of halogens is 6. The molecule has 0 saturated carbocycles. The Labute approximate surface area is 138 Å². The van der Waals surface area contributed by atoms with E-state index in [2.05, 4.69) is 26.3 Å². The van der Waals surface area contributed by atoms with Gasteiger partial charge >= 0.3 is 11.8 Å². The number of hydrogen-bond donors (Lipinski definition) is 0. The Hall–Kier alpha value is -1.72. The van der Waals surface area contributed by atoms with Gasteiger partial charge in [-0.05, 0) is 24.0 Å². The van der Waals surface area contributed by atoms with Crippen LogP contribution in [0, 0.1) is 5.92 Å². The first-order valence-corrected chi connectivity index (χ1v) is 7.37. The highest BCUT2D eigenvalue weighted by atomic mass is 19.3. The molecule has 0 amide bonds. The van der Waals surface area contributed by atoms with Gasteiger partial charge in [-0.1, -0.05) is 53.0 Å². The maximum Gasteiger partial charge on any atom is 0.339 e. The van der Waals surface area contributed by atoms with Crippen LogP contribution in [0.2, 0.25) is 0 Å².